The molecule has 1 N–H and O–H groups in total. The van der Waals surface area contributed by atoms with Crippen LogP contribution in [0.3, 0.4) is 0 Å². The van der Waals surface area contributed by atoms with Crippen LogP contribution in [0.15, 0.2) is 12.1 Å². The van der Waals surface area contributed by atoms with Crippen molar-refractivity contribution in [2.75, 3.05) is 6.61 Å². The van der Waals surface area contributed by atoms with Gasteiger partial charge in [0.25, 0.3) is 0 Å². The van der Waals surface area contributed by atoms with Crippen LogP contribution < -0.4 is 5.48 Å². The molecule has 1 atom stereocenters. The minimum Gasteiger partial charge on any atom is -0.302 e. The molecule has 84 valence electrons. The molecule has 0 aromatic heterocycles. The number of hydrogen-bond acceptors (Lipinski definition) is 2. The second-order valence-corrected chi connectivity index (χ2v) is 3.87. The first-order chi connectivity index (χ1) is 7.06. The molecule has 0 aliphatic rings. The topological polar surface area (TPSA) is 21.3 Å². The van der Waals surface area contributed by atoms with E-state index in [-0.39, 0.29) is 11.1 Å². The summed E-state index contributed by atoms with van der Waals surface area (Å²) in [5.41, 5.74) is 3.36. The zero-order valence-electron chi connectivity index (χ0n) is 8.48. The van der Waals surface area contributed by atoms with Gasteiger partial charge >= 0.3 is 0 Å². The molecule has 0 amide bonds. The van der Waals surface area contributed by atoms with Crippen LogP contribution >= 0.6 is 23.2 Å². The zero-order valence-corrected chi connectivity index (χ0v) is 9.99. The van der Waals surface area contributed by atoms with Gasteiger partial charge in [0.2, 0.25) is 0 Å². The first-order valence-electron chi connectivity index (χ1n) is 4.58. The molecule has 1 aromatic rings. The quantitative estimate of drug-likeness (QED) is 0.651. The fourth-order valence-corrected chi connectivity index (χ4v) is 1.69. The third kappa shape index (κ3) is 3.31. The van der Waals surface area contributed by atoms with Crippen LogP contribution in [0.25, 0.3) is 0 Å². The number of rotatable bonds is 4. The first kappa shape index (κ1) is 12.7. The van der Waals surface area contributed by atoms with Gasteiger partial charge in [-0.05, 0) is 31.5 Å². The molecule has 0 aliphatic heterocycles. The Kier molecular flexibility index (Phi) is 4.80. The molecule has 0 heterocycles. The maximum atomic E-state index is 13.2. The molecule has 1 unspecified atom stereocenters. The summed E-state index contributed by atoms with van der Waals surface area (Å²) in [6.45, 7) is 4.20. The van der Waals surface area contributed by atoms with Crippen LogP contribution in [0.2, 0.25) is 10.0 Å². The Morgan fingerprint density at radius 3 is 2.67 bits per heavy atom. The number of benzene rings is 1. The molecule has 0 radical (unpaired) electrons. The van der Waals surface area contributed by atoms with E-state index in [1.807, 2.05) is 13.8 Å². The van der Waals surface area contributed by atoms with Crippen molar-refractivity contribution in [3.63, 3.8) is 0 Å². The SMILES string of the molecule is CCONC(C)c1cc(F)c(Cl)cc1Cl. The largest absolute Gasteiger partial charge is 0.302 e. The Balaban J connectivity index is 2.88. The molecule has 2 nitrogen and oxygen atoms in total. The molecule has 15 heavy (non-hydrogen) atoms. The van der Waals surface area contributed by atoms with E-state index in [1.165, 1.54) is 12.1 Å². The van der Waals surface area contributed by atoms with E-state index in [0.717, 1.165) is 0 Å². The second kappa shape index (κ2) is 5.66. The van der Waals surface area contributed by atoms with Gasteiger partial charge in [-0.15, -0.1) is 0 Å². The predicted molar refractivity (Wildman–Crippen MR) is 59.6 cm³/mol. The molecule has 5 heteroatoms. The third-order valence-corrected chi connectivity index (χ3v) is 2.53. The van der Waals surface area contributed by atoms with Crippen molar-refractivity contribution in [1.82, 2.24) is 5.48 Å². The fourth-order valence-electron chi connectivity index (χ4n) is 1.14. The molecule has 1 aromatic carbocycles. The number of halogens is 3. The summed E-state index contributed by atoms with van der Waals surface area (Å²) >= 11 is 11.5. The monoisotopic (exact) mass is 251 g/mol. The maximum Gasteiger partial charge on any atom is 0.142 e. The lowest BCUT2D eigenvalue weighted by Gasteiger charge is -2.15. The summed E-state index contributed by atoms with van der Waals surface area (Å²) in [5, 5.41) is 0.438. The number of hydrogen-bond donors (Lipinski definition) is 1. The van der Waals surface area contributed by atoms with Crippen molar-refractivity contribution in [3.8, 4) is 0 Å². The molecular weight excluding hydrogens is 240 g/mol. The molecule has 0 saturated heterocycles. The normalized spacial score (nSPS) is 12.9. The van der Waals surface area contributed by atoms with Crippen LogP contribution in [0.1, 0.15) is 25.5 Å². The summed E-state index contributed by atoms with van der Waals surface area (Å²) in [4.78, 5) is 5.01. The molecule has 0 fully saturated rings. The molecule has 0 spiro atoms. The Morgan fingerprint density at radius 2 is 2.07 bits per heavy atom. The Bertz CT molecular complexity index is 346. The van der Waals surface area contributed by atoms with Gasteiger partial charge in [0, 0.05) is 5.02 Å². The van der Waals surface area contributed by atoms with Crippen molar-refractivity contribution in [3.05, 3.63) is 33.6 Å². The van der Waals surface area contributed by atoms with Crippen molar-refractivity contribution in [2.45, 2.75) is 19.9 Å². The summed E-state index contributed by atoms with van der Waals surface area (Å²) in [6, 6.07) is 2.50. The molecular formula is C10H12Cl2FNO. The predicted octanol–water partition coefficient (Wildman–Crippen LogP) is 3.73. The lowest BCUT2D eigenvalue weighted by Crippen LogP contribution is -2.19. The van der Waals surface area contributed by atoms with E-state index >= 15 is 0 Å². The third-order valence-electron chi connectivity index (χ3n) is 1.91. The van der Waals surface area contributed by atoms with Crippen molar-refractivity contribution in [1.29, 1.82) is 0 Å². The Hall–Kier alpha value is -0.350. The van der Waals surface area contributed by atoms with Crippen LogP contribution in [0, 0.1) is 5.82 Å². The summed E-state index contributed by atoms with van der Waals surface area (Å²) < 4.78 is 13.2. The van der Waals surface area contributed by atoms with E-state index in [4.69, 9.17) is 28.0 Å². The standard InChI is InChI=1S/C10H12Cl2FNO/c1-3-15-14-6(2)7-4-10(13)9(12)5-8(7)11/h4-6,14H,3H2,1-2H3. The minimum atomic E-state index is -0.485. The smallest absolute Gasteiger partial charge is 0.142 e. The average Bonchev–Trinajstić information content (AvgIpc) is 2.20. The lowest BCUT2D eigenvalue weighted by atomic mass is 10.1. The average molecular weight is 252 g/mol. The van der Waals surface area contributed by atoms with Gasteiger partial charge < -0.3 is 4.84 Å². The molecule has 0 bridgehead atoms. The molecule has 1 rings (SSSR count). The van der Waals surface area contributed by atoms with Gasteiger partial charge in [-0.2, -0.15) is 5.48 Å². The van der Waals surface area contributed by atoms with Crippen LogP contribution in [-0.4, -0.2) is 6.61 Å². The van der Waals surface area contributed by atoms with Gasteiger partial charge in [0.1, 0.15) is 5.82 Å². The van der Waals surface area contributed by atoms with E-state index < -0.39 is 5.82 Å². The first-order valence-corrected chi connectivity index (χ1v) is 5.33. The molecule has 0 saturated carbocycles. The Morgan fingerprint density at radius 1 is 1.40 bits per heavy atom. The summed E-state index contributed by atoms with van der Waals surface area (Å²) in [6.07, 6.45) is 0. The highest BCUT2D eigenvalue weighted by Crippen LogP contribution is 2.28. The lowest BCUT2D eigenvalue weighted by molar-refractivity contribution is 0.0284. The zero-order chi connectivity index (χ0) is 11.4. The second-order valence-electron chi connectivity index (χ2n) is 3.06. The maximum absolute atomic E-state index is 13.2. The number of nitrogens with one attached hydrogen (secondary N) is 1. The highest BCUT2D eigenvalue weighted by Gasteiger charge is 2.13. The van der Waals surface area contributed by atoms with Gasteiger partial charge in [-0.25, -0.2) is 4.39 Å². The fraction of sp³-hybridized carbons (Fsp3) is 0.400. The molecule has 0 aliphatic carbocycles. The van der Waals surface area contributed by atoms with E-state index in [1.54, 1.807) is 0 Å². The van der Waals surface area contributed by atoms with Crippen molar-refractivity contribution >= 4 is 23.2 Å². The highest BCUT2D eigenvalue weighted by atomic mass is 35.5. The van der Waals surface area contributed by atoms with Gasteiger partial charge in [-0.3, -0.25) is 0 Å². The van der Waals surface area contributed by atoms with Crippen molar-refractivity contribution in [2.24, 2.45) is 0 Å². The van der Waals surface area contributed by atoms with Crippen LogP contribution in [0.4, 0.5) is 4.39 Å². The van der Waals surface area contributed by atoms with E-state index in [0.29, 0.717) is 17.2 Å². The summed E-state index contributed by atoms with van der Waals surface area (Å²) in [7, 11) is 0. The van der Waals surface area contributed by atoms with E-state index in [2.05, 4.69) is 5.48 Å². The van der Waals surface area contributed by atoms with Gasteiger partial charge in [0.05, 0.1) is 17.7 Å². The van der Waals surface area contributed by atoms with Gasteiger partial charge in [-0.1, -0.05) is 23.2 Å². The van der Waals surface area contributed by atoms with Crippen molar-refractivity contribution < 1.29 is 9.23 Å². The highest BCUT2D eigenvalue weighted by molar-refractivity contribution is 6.35. The van der Waals surface area contributed by atoms with Crippen LogP contribution in [-0.2, 0) is 4.84 Å². The Labute approximate surface area is 98.3 Å². The summed E-state index contributed by atoms with van der Waals surface area (Å²) in [5.74, 6) is -0.485. The van der Waals surface area contributed by atoms with Crippen LogP contribution in [0.5, 0.6) is 0 Å². The number of hydroxylamine groups is 1. The minimum absolute atomic E-state index is 0.0207. The van der Waals surface area contributed by atoms with Gasteiger partial charge in [0.15, 0.2) is 0 Å². The van der Waals surface area contributed by atoms with E-state index in [9.17, 15) is 4.39 Å².